The molecule has 1 saturated heterocycles. The quantitative estimate of drug-likeness (QED) is 0.595. The summed E-state index contributed by atoms with van der Waals surface area (Å²) in [4.78, 5) is 25.0. The maximum absolute atomic E-state index is 13.1. The Morgan fingerprint density at radius 1 is 1.28 bits per heavy atom. The molecule has 1 aromatic carbocycles. The van der Waals surface area contributed by atoms with Crippen LogP contribution in [0.5, 0.6) is 0 Å². The van der Waals surface area contributed by atoms with Gasteiger partial charge in [0, 0.05) is 35.7 Å². The lowest BCUT2D eigenvalue weighted by Gasteiger charge is -2.14. The molecule has 0 amide bonds. The third-order valence-corrected chi connectivity index (χ3v) is 5.28. The molecule has 29 heavy (non-hydrogen) atoms. The van der Waals surface area contributed by atoms with Crippen LogP contribution in [0.3, 0.4) is 0 Å². The van der Waals surface area contributed by atoms with E-state index in [4.69, 9.17) is 9.15 Å². The third-order valence-electron chi connectivity index (χ3n) is 5.28. The highest BCUT2D eigenvalue weighted by Crippen LogP contribution is 2.21. The first-order valence-electron chi connectivity index (χ1n) is 9.58. The van der Waals surface area contributed by atoms with Crippen molar-refractivity contribution in [1.29, 1.82) is 0 Å². The van der Waals surface area contributed by atoms with E-state index in [0.29, 0.717) is 17.7 Å². The molecule has 0 saturated carbocycles. The van der Waals surface area contributed by atoms with Crippen LogP contribution in [0.4, 0.5) is 4.39 Å². The van der Waals surface area contributed by atoms with Crippen molar-refractivity contribution in [3.8, 4) is 11.5 Å². The fourth-order valence-corrected chi connectivity index (χ4v) is 3.69. The van der Waals surface area contributed by atoms with Crippen LogP contribution in [0.25, 0.3) is 11.5 Å². The normalized spacial score (nSPS) is 16.4. The van der Waals surface area contributed by atoms with Gasteiger partial charge in [-0.2, -0.15) is 4.68 Å². The van der Waals surface area contributed by atoms with Crippen LogP contribution in [0.1, 0.15) is 34.6 Å². The summed E-state index contributed by atoms with van der Waals surface area (Å²) in [6.07, 6.45) is 2.24. The second kappa shape index (κ2) is 7.79. The Bertz CT molecular complexity index is 1090. The molecule has 0 N–H and O–H groups in total. The zero-order chi connectivity index (χ0) is 20.5. The van der Waals surface area contributed by atoms with E-state index in [2.05, 4.69) is 9.67 Å². The number of ether oxygens (including phenoxy) is 1. The first kappa shape index (κ1) is 19.3. The van der Waals surface area contributed by atoms with Gasteiger partial charge in [0.1, 0.15) is 12.4 Å². The number of halogens is 1. The molecule has 8 heteroatoms. The average molecular weight is 399 g/mol. The van der Waals surface area contributed by atoms with Gasteiger partial charge in [-0.25, -0.2) is 9.18 Å². The summed E-state index contributed by atoms with van der Waals surface area (Å²) in [5.74, 6) is -1.31. The Hall–Kier alpha value is -3.00. The Kier molecular flexibility index (Phi) is 5.19. The first-order chi connectivity index (χ1) is 13.9. The molecule has 0 radical (unpaired) electrons. The minimum Gasteiger partial charge on any atom is -0.388 e. The smallest absolute Gasteiger partial charge is 0.388 e. The number of benzene rings is 1. The number of aromatic nitrogens is 3. The molecular weight excluding hydrogens is 377 g/mol. The molecule has 4 rings (SSSR count). The predicted octanol–water partition coefficient (Wildman–Crippen LogP) is 3.12. The Balaban J connectivity index is 1.54. The van der Waals surface area contributed by atoms with Crippen LogP contribution in [-0.2, 0) is 17.8 Å². The number of hydrogen-bond donors (Lipinski definition) is 0. The number of carbonyl (C=O) groups excluding carboxylic acids is 1. The van der Waals surface area contributed by atoms with Crippen molar-refractivity contribution >= 4 is 5.78 Å². The van der Waals surface area contributed by atoms with E-state index in [1.165, 1.54) is 24.3 Å². The van der Waals surface area contributed by atoms with Gasteiger partial charge in [-0.1, -0.05) is 0 Å². The molecule has 3 heterocycles. The van der Waals surface area contributed by atoms with Crippen molar-refractivity contribution < 1.29 is 18.3 Å². The minimum absolute atomic E-state index is 0.0478. The lowest BCUT2D eigenvalue weighted by molar-refractivity contribution is 0.0945. The van der Waals surface area contributed by atoms with Gasteiger partial charge in [0.15, 0.2) is 5.78 Å². The van der Waals surface area contributed by atoms with Gasteiger partial charge in [0.2, 0.25) is 5.89 Å². The summed E-state index contributed by atoms with van der Waals surface area (Å²) in [6, 6.07) is 7.26. The van der Waals surface area contributed by atoms with E-state index in [9.17, 15) is 14.0 Å². The number of Topliss-reactive ketones (excluding diaryl/α,β-unsaturated/α-hetero) is 1. The van der Waals surface area contributed by atoms with Crippen LogP contribution in [-0.4, -0.2) is 32.8 Å². The van der Waals surface area contributed by atoms with Crippen molar-refractivity contribution in [2.45, 2.75) is 45.9 Å². The topological polar surface area (TPSA) is 79.3 Å². The summed E-state index contributed by atoms with van der Waals surface area (Å²) in [7, 11) is 0. The first-order valence-corrected chi connectivity index (χ1v) is 9.58. The molecule has 0 aliphatic carbocycles. The summed E-state index contributed by atoms with van der Waals surface area (Å²) in [5.41, 5.74) is 2.84. The van der Waals surface area contributed by atoms with E-state index in [1.807, 2.05) is 19.9 Å². The number of carbonyl (C=O) groups is 1. The zero-order valence-electron chi connectivity index (χ0n) is 16.4. The molecule has 0 spiro atoms. The molecule has 2 aromatic heterocycles. The van der Waals surface area contributed by atoms with Gasteiger partial charge >= 0.3 is 5.76 Å². The number of hydrogen-bond acceptors (Lipinski definition) is 5. The van der Waals surface area contributed by atoms with Crippen LogP contribution in [0, 0.1) is 19.7 Å². The number of nitrogens with zero attached hydrogens (tertiary/aromatic N) is 3. The third kappa shape index (κ3) is 3.93. The van der Waals surface area contributed by atoms with Gasteiger partial charge < -0.3 is 13.7 Å². The van der Waals surface area contributed by atoms with Crippen LogP contribution in [0.2, 0.25) is 0 Å². The predicted molar refractivity (Wildman–Crippen MR) is 103 cm³/mol. The highest BCUT2D eigenvalue weighted by Gasteiger charge is 2.22. The van der Waals surface area contributed by atoms with E-state index in [-0.39, 0.29) is 24.3 Å². The second-order valence-corrected chi connectivity index (χ2v) is 7.29. The Morgan fingerprint density at radius 2 is 2.03 bits per heavy atom. The standard InChI is InChI=1S/C21H22FN3O4/c1-13-10-18(14(2)24(13)11-17-4-3-9-28-17)19(26)12-25-21(27)29-20(23-25)15-5-7-16(22)8-6-15/h5-8,10,17H,3-4,9,11-12H2,1-2H3/t17-/m0/s1. The van der Waals surface area contributed by atoms with Crippen LogP contribution < -0.4 is 5.76 Å². The highest BCUT2D eigenvalue weighted by molar-refractivity contribution is 5.97. The fourth-order valence-electron chi connectivity index (χ4n) is 3.69. The van der Waals surface area contributed by atoms with Gasteiger partial charge in [-0.05, 0) is 57.0 Å². The molecule has 0 bridgehead atoms. The van der Waals surface area contributed by atoms with Gasteiger partial charge in [0.25, 0.3) is 0 Å². The van der Waals surface area contributed by atoms with Gasteiger partial charge in [0.05, 0.1) is 6.10 Å². The Morgan fingerprint density at radius 3 is 2.72 bits per heavy atom. The summed E-state index contributed by atoms with van der Waals surface area (Å²) >= 11 is 0. The second-order valence-electron chi connectivity index (χ2n) is 7.29. The lowest BCUT2D eigenvalue weighted by atomic mass is 10.1. The molecule has 1 fully saturated rings. The molecule has 1 atom stereocenters. The number of ketones is 1. The maximum Gasteiger partial charge on any atom is 0.437 e. The molecule has 1 aliphatic heterocycles. The molecular formula is C21H22FN3O4. The van der Waals surface area contributed by atoms with E-state index >= 15 is 0 Å². The number of aryl methyl sites for hydroxylation is 1. The van der Waals surface area contributed by atoms with E-state index in [0.717, 1.165) is 35.5 Å². The SMILES string of the molecule is Cc1cc(C(=O)Cn2nc(-c3ccc(F)cc3)oc2=O)c(C)n1C[C@@H]1CCCO1. The van der Waals surface area contributed by atoms with E-state index in [1.54, 1.807) is 0 Å². The molecule has 7 nitrogen and oxygen atoms in total. The van der Waals surface area contributed by atoms with Crippen LogP contribution >= 0.6 is 0 Å². The Labute approximate surface area is 166 Å². The zero-order valence-corrected chi connectivity index (χ0v) is 16.4. The van der Waals surface area contributed by atoms with Crippen LogP contribution in [0.15, 0.2) is 39.5 Å². The monoisotopic (exact) mass is 399 g/mol. The van der Waals surface area contributed by atoms with Gasteiger partial charge in [-0.15, -0.1) is 5.10 Å². The van der Waals surface area contributed by atoms with Crippen molar-refractivity contribution in [2.24, 2.45) is 0 Å². The molecule has 152 valence electrons. The van der Waals surface area contributed by atoms with Crippen molar-refractivity contribution in [3.05, 3.63) is 63.7 Å². The van der Waals surface area contributed by atoms with Crippen molar-refractivity contribution in [3.63, 3.8) is 0 Å². The fraction of sp³-hybridized carbons (Fsp3) is 0.381. The van der Waals surface area contributed by atoms with Crippen molar-refractivity contribution in [2.75, 3.05) is 6.61 Å². The average Bonchev–Trinajstić information content (AvgIpc) is 3.40. The molecule has 0 unspecified atom stereocenters. The van der Waals surface area contributed by atoms with E-state index < -0.39 is 11.6 Å². The highest BCUT2D eigenvalue weighted by atomic mass is 19.1. The maximum atomic E-state index is 13.1. The lowest BCUT2D eigenvalue weighted by Crippen LogP contribution is -2.22. The van der Waals surface area contributed by atoms with Gasteiger partial charge in [-0.3, -0.25) is 4.79 Å². The molecule has 1 aliphatic rings. The molecule has 3 aromatic rings. The summed E-state index contributed by atoms with van der Waals surface area (Å²) < 4.78 is 27.0. The minimum atomic E-state index is -0.731. The largest absolute Gasteiger partial charge is 0.437 e. The summed E-state index contributed by atoms with van der Waals surface area (Å²) in [5, 5.41) is 4.08. The summed E-state index contributed by atoms with van der Waals surface area (Å²) in [6.45, 7) is 5.11. The van der Waals surface area contributed by atoms with Crippen molar-refractivity contribution in [1.82, 2.24) is 14.3 Å². The number of rotatable bonds is 6.